The second-order valence-electron chi connectivity index (χ2n) is 5.26. The molecule has 0 saturated heterocycles. The fourth-order valence-electron chi connectivity index (χ4n) is 2.11. The van der Waals surface area contributed by atoms with Crippen LogP contribution in [0, 0.1) is 6.92 Å². The summed E-state index contributed by atoms with van der Waals surface area (Å²) < 4.78 is 32.4. The molecule has 0 amide bonds. The van der Waals surface area contributed by atoms with Gasteiger partial charge in [0.25, 0.3) is 10.0 Å². The highest BCUT2D eigenvalue weighted by molar-refractivity contribution is 7.94. The molecule has 2 N–H and O–H groups in total. The van der Waals surface area contributed by atoms with E-state index in [9.17, 15) is 8.42 Å². The number of rotatable bonds is 6. The fraction of sp³-hybridized carbons (Fsp3) is 0.118. The first-order chi connectivity index (χ1) is 12.0. The average molecular weight is 375 g/mol. The quantitative estimate of drug-likeness (QED) is 0.680. The number of aromatic nitrogens is 1. The van der Waals surface area contributed by atoms with Crippen LogP contribution in [-0.4, -0.2) is 20.5 Å². The maximum atomic E-state index is 12.3. The highest BCUT2D eigenvalue weighted by atomic mass is 32.2. The first kappa shape index (κ1) is 17.2. The summed E-state index contributed by atoms with van der Waals surface area (Å²) in [7, 11) is -1.99. The Hall–Kier alpha value is -2.58. The highest BCUT2D eigenvalue weighted by Crippen LogP contribution is 2.24. The van der Waals surface area contributed by atoms with Gasteiger partial charge in [-0.25, -0.2) is 13.4 Å². The molecule has 3 rings (SSSR count). The normalized spacial score (nSPS) is 11.1. The number of pyridine rings is 1. The zero-order chi connectivity index (χ0) is 17.9. The van der Waals surface area contributed by atoms with Crippen molar-refractivity contribution < 1.29 is 13.2 Å². The van der Waals surface area contributed by atoms with Crippen LogP contribution < -0.4 is 14.8 Å². The molecule has 8 heteroatoms. The van der Waals surface area contributed by atoms with E-state index in [0.29, 0.717) is 0 Å². The summed E-state index contributed by atoms with van der Waals surface area (Å²) in [5, 5.41) is 3.19. The van der Waals surface area contributed by atoms with E-state index in [1.807, 2.05) is 31.2 Å². The van der Waals surface area contributed by atoms with Gasteiger partial charge in [0.1, 0.15) is 15.8 Å². The molecule has 2 aromatic heterocycles. The van der Waals surface area contributed by atoms with Crippen LogP contribution in [0.15, 0.2) is 58.9 Å². The predicted octanol–water partition coefficient (Wildman–Crippen LogP) is 4.00. The molecule has 0 unspecified atom stereocenters. The van der Waals surface area contributed by atoms with Crippen LogP contribution in [0.5, 0.6) is 5.75 Å². The molecule has 6 nitrogen and oxygen atoms in total. The Morgan fingerprint density at radius 1 is 1.00 bits per heavy atom. The molecule has 1 aromatic carbocycles. The second-order valence-corrected chi connectivity index (χ2v) is 8.45. The van der Waals surface area contributed by atoms with Gasteiger partial charge in [0.15, 0.2) is 0 Å². The topological polar surface area (TPSA) is 80.3 Å². The minimum atomic E-state index is -3.60. The SMILES string of the molecule is COc1ccc(Nc2ccc(NS(=O)(=O)c3ccc(C)s3)nc2)cc1. The van der Waals surface area contributed by atoms with Gasteiger partial charge in [-0.15, -0.1) is 11.3 Å². The minimum absolute atomic E-state index is 0.270. The molecule has 0 aliphatic carbocycles. The van der Waals surface area contributed by atoms with Crippen LogP contribution in [0.4, 0.5) is 17.2 Å². The summed E-state index contributed by atoms with van der Waals surface area (Å²) in [5.74, 6) is 1.04. The monoisotopic (exact) mass is 375 g/mol. The maximum absolute atomic E-state index is 12.3. The van der Waals surface area contributed by atoms with Gasteiger partial charge in [-0.2, -0.15) is 0 Å². The fourth-order valence-corrected chi connectivity index (χ4v) is 4.41. The summed E-state index contributed by atoms with van der Waals surface area (Å²) in [6, 6.07) is 14.2. The lowest BCUT2D eigenvalue weighted by Crippen LogP contribution is -2.12. The lowest BCUT2D eigenvalue weighted by Gasteiger charge is -2.09. The molecule has 0 spiro atoms. The third-order valence-electron chi connectivity index (χ3n) is 3.36. The first-order valence-corrected chi connectivity index (χ1v) is 9.73. The van der Waals surface area contributed by atoms with Gasteiger partial charge in [0.2, 0.25) is 0 Å². The Kier molecular flexibility index (Phi) is 4.91. The number of hydrogen-bond donors (Lipinski definition) is 2. The summed E-state index contributed by atoms with van der Waals surface area (Å²) in [5.41, 5.74) is 1.63. The molecule has 25 heavy (non-hydrogen) atoms. The number of nitrogens with zero attached hydrogens (tertiary/aromatic N) is 1. The smallest absolute Gasteiger partial charge is 0.272 e. The first-order valence-electron chi connectivity index (χ1n) is 7.43. The van der Waals surface area contributed by atoms with E-state index in [1.54, 1.807) is 37.6 Å². The van der Waals surface area contributed by atoms with Crippen LogP contribution in [0.25, 0.3) is 0 Å². The van der Waals surface area contributed by atoms with E-state index in [1.165, 1.54) is 11.3 Å². The van der Waals surface area contributed by atoms with Gasteiger partial charge in [0, 0.05) is 10.6 Å². The zero-order valence-electron chi connectivity index (χ0n) is 13.7. The van der Waals surface area contributed by atoms with Gasteiger partial charge in [-0.05, 0) is 55.5 Å². The number of ether oxygens (including phenoxy) is 1. The summed E-state index contributed by atoms with van der Waals surface area (Å²) >= 11 is 1.22. The number of hydrogen-bond acceptors (Lipinski definition) is 6. The molecule has 0 aliphatic heterocycles. The van der Waals surface area contributed by atoms with E-state index in [-0.39, 0.29) is 10.0 Å². The molecule has 130 valence electrons. The Morgan fingerprint density at radius 3 is 2.28 bits per heavy atom. The van der Waals surface area contributed by atoms with E-state index >= 15 is 0 Å². The van der Waals surface area contributed by atoms with Crippen LogP contribution >= 0.6 is 11.3 Å². The molecular formula is C17H17N3O3S2. The van der Waals surface area contributed by atoms with E-state index in [4.69, 9.17) is 4.74 Å². The van der Waals surface area contributed by atoms with Crippen molar-refractivity contribution in [3.05, 3.63) is 59.6 Å². The molecule has 0 fully saturated rings. The van der Waals surface area contributed by atoms with Gasteiger partial charge in [-0.1, -0.05) is 0 Å². The number of thiophene rings is 1. The predicted molar refractivity (Wildman–Crippen MR) is 100 cm³/mol. The molecule has 2 heterocycles. The van der Waals surface area contributed by atoms with E-state index in [2.05, 4.69) is 15.0 Å². The molecule has 0 atom stereocenters. The van der Waals surface area contributed by atoms with E-state index < -0.39 is 10.0 Å². The van der Waals surface area contributed by atoms with Crippen molar-refractivity contribution in [2.75, 3.05) is 17.1 Å². The van der Waals surface area contributed by atoms with Crippen molar-refractivity contribution in [2.45, 2.75) is 11.1 Å². The van der Waals surface area contributed by atoms with Crippen molar-refractivity contribution in [3.63, 3.8) is 0 Å². The van der Waals surface area contributed by atoms with Crippen LogP contribution in [-0.2, 0) is 10.0 Å². The van der Waals surface area contributed by atoms with Gasteiger partial charge < -0.3 is 10.1 Å². The maximum Gasteiger partial charge on any atom is 0.272 e. The molecule has 0 radical (unpaired) electrons. The minimum Gasteiger partial charge on any atom is -0.497 e. The van der Waals surface area contributed by atoms with Crippen molar-refractivity contribution in [3.8, 4) is 5.75 Å². The third-order valence-corrected chi connectivity index (χ3v) is 6.21. The summed E-state index contributed by atoms with van der Waals surface area (Å²) in [6.07, 6.45) is 1.57. The number of methoxy groups -OCH3 is 1. The van der Waals surface area contributed by atoms with Crippen molar-refractivity contribution in [1.82, 2.24) is 4.98 Å². The molecule has 0 bridgehead atoms. The number of anilines is 3. The zero-order valence-corrected chi connectivity index (χ0v) is 15.3. The molecule has 3 aromatic rings. The third kappa shape index (κ3) is 4.28. The summed E-state index contributed by atoms with van der Waals surface area (Å²) in [4.78, 5) is 5.09. The van der Waals surface area contributed by atoms with Gasteiger partial charge in [0.05, 0.1) is 19.0 Å². The number of sulfonamides is 1. The molecular weight excluding hydrogens is 358 g/mol. The average Bonchev–Trinajstić information content (AvgIpc) is 3.05. The van der Waals surface area contributed by atoms with Gasteiger partial charge in [-0.3, -0.25) is 4.72 Å². The van der Waals surface area contributed by atoms with Gasteiger partial charge >= 0.3 is 0 Å². The Bertz CT molecular complexity index is 950. The van der Waals surface area contributed by atoms with Crippen molar-refractivity contribution in [2.24, 2.45) is 0 Å². The lowest BCUT2D eigenvalue weighted by molar-refractivity contribution is 0.415. The Labute approximate surface area is 150 Å². The van der Waals surface area contributed by atoms with Crippen molar-refractivity contribution >= 4 is 38.6 Å². The Morgan fingerprint density at radius 2 is 1.72 bits per heavy atom. The van der Waals surface area contributed by atoms with Crippen LogP contribution in [0.3, 0.4) is 0 Å². The lowest BCUT2D eigenvalue weighted by atomic mass is 10.3. The van der Waals surface area contributed by atoms with Crippen LogP contribution in [0.2, 0.25) is 0 Å². The largest absolute Gasteiger partial charge is 0.497 e. The number of nitrogens with one attached hydrogen (secondary N) is 2. The van der Waals surface area contributed by atoms with E-state index in [0.717, 1.165) is 22.0 Å². The van der Waals surface area contributed by atoms with Crippen LogP contribution in [0.1, 0.15) is 4.88 Å². The summed E-state index contributed by atoms with van der Waals surface area (Å²) in [6.45, 7) is 1.86. The Balaban J connectivity index is 1.69. The molecule has 0 aliphatic rings. The number of benzene rings is 1. The number of aryl methyl sites for hydroxylation is 1. The second kappa shape index (κ2) is 7.12. The van der Waals surface area contributed by atoms with Crippen molar-refractivity contribution in [1.29, 1.82) is 0 Å². The molecule has 0 saturated carbocycles. The standard InChI is InChI=1S/C17H17N3O3S2/c1-12-3-10-17(24-12)25(21,22)20-16-9-6-14(11-18-16)19-13-4-7-15(23-2)8-5-13/h3-11,19H,1-2H3,(H,18,20). The highest BCUT2D eigenvalue weighted by Gasteiger charge is 2.16.